The normalized spacial score (nSPS) is 10.3. The van der Waals surface area contributed by atoms with Gasteiger partial charge in [-0.05, 0) is 26.0 Å². The molecule has 0 spiro atoms. The van der Waals surface area contributed by atoms with Crippen molar-refractivity contribution >= 4 is 11.6 Å². The highest BCUT2D eigenvalue weighted by atomic mass is 16.5. The van der Waals surface area contributed by atoms with Crippen molar-refractivity contribution in [2.75, 3.05) is 39.1 Å². The Labute approximate surface area is 114 Å². The van der Waals surface area contributed by atoms with E-state index in [1.165, 1.54) is 0 Å². The predicted molar refractivity (Wildman–Crippen MR) is 75.5 cm³/mol. The largest absolute Gasteiger partial charge is 0.493 e. The van der Waals surface area contributed by atoms with Gasteiger partial charge in [0, 0.05) is 25.9 Å². The predicted octanol–water partition coefficient (Wildman–Crippen LogP) is 1.78. The molecule has 0 aliphatic heterocycles. The maximum absolute atomic E-state index is 12.4. The van der Waals surface area contributed by atoms with E-state index < -0.39 is 0 Å². The Morgan fingerprint density at radius 1 is 1.32 bits per heavy atom. The van der Waals surface area contributed by atoms with Gasteiger partial charge in [0.1, 0.15) is 11.3 Å². The SMILES string of the molecule is CCOCCN(C)C(=O)c1c(N)cccc1OCC. The lowest BCUT2D eigenvalue weighted by atomic mass is 10.1. The van der Waals surface area contributed by atoms with E-state index in [2.05, 4.69) is 0 Å². The third kappa shape index (κ3) is 4.13. The monoisotopic (exact) mass is 266 g/mol. The smallest absolute Gasteiger partial charge is 0.259 e. The number of likely N-dealkylation sites (N-methyl/N-ethyl adjacent to an activating group) is 1. The van der Waals surface area contributed by atoms with Crippen molar-refractivity contribution < 1.29 is 14.3 Å². The molecule has 5 heteroatoms. The molecule has 1 rings (SSSR count). The van der Waals surface area contributed by atoms with Crippen LogP contribution in [-0.4, -0.2) is 44.2 Å². The van der Waals surface area contributed by atoms with Gasteiger partial charge >= 0.3 is 0 Å². The zero-order chi connectivity index (χ0) is 14.3. The van der Waals surface area contributed by atoms with Crippen LogP contribution in [-0.2, 0) is 4.74 Å². The van der Waals surface area contributed by atoms with Gasteiger partial charge in [0.25, 0.3) is 5.91 Å². The van der Waals surface area contributed by atoms with Crippen LogP contribution < -0.4 is 10.5 Å². The van der Waals surface area contributed by atoms with Crippen molar-refractivity contribution in [2.24, 2.45) is 0 Å². The van der Waals surface area contributed by atoms with Gasteiger partial charge < -0.3 is 20.1 Å². The van der Waals surface area contributed by atoms with Gasteiger partial charge in [-0.3, -0.25) is 4.79 Å². The van der Waals surface area contributed by atoms with Crippen molar-refractivity contribution in [2.45, 2.75) is 13.8 Å². The molecule has 19 heavy (non-hydrogen) atoms. The number of ether oxygens (including phenoxy) is 2. The van der Waals surface area contributed by atoms with E-state index >= 15 is 0 Å². The summed E-state index contributed by atoms with van der Waals surface area (Å²) in [5.74, 6) is 0.372. The molecular formula is C14H22N2O3. The summed E-state index contributed by atoms with van der Waals surface area (Å²) in [6, 6.07) is 5.23. The number of nitrogen functional groups attached to an aromatic ring is 1. The van der Waals surface area contributed by atoms with E-state index in [0.29, 0.717) is 43.4 Å². The van der Waals surface area contributed by atoms with Gasteiger partial charge in [-0.25, -0.2) is 0 Å². The standard InChI is InChI=1S/C14H22N2O3/c1-4-18-10-9-16(3)14(17)13-11(15)7-6-8-12(13)19-5-2/h6-8H,4-5,9-10,15H2,1-3H3. The molecule has 106 valence electrons. The number of hydrogen-bond acceptors (Lipinski definition) is 4. The number of carbonyl (C=O) groups is 1. The molecule has 5 nitrogen and oxygen atoms in total. The summed E-state index contributed by atoms with van der Waals surface area (Å²) in [7, 11) is 1.73. The molecule has 1 amide bonds. The lowest BCUT2D eigenvalue weighted by Gasteiger charge is -2.20. The second-order valence-electron chi connectivity index (χ2n) is 4.08. The summed E-state index contributed by atoms with van der Waals surface area (Å²) in [5, 5.41) is 0. The molecule has 0 aromatic heterocycles. The lowest BCUT2D eigenvalue weighted by Crippen LogP contribution is -2.31. The molecule has 0 heterocycles. The van der Waals surface area contributed by atoms with Crippen LogP contribution >= 0.6 is 0 Å². The van der Waals surface area contributed by atoms with Crippen LogP contribution in [0, 0.1) is 0 Å². The Bertz CT molecular complexity index is 421. The van der Waals surface area contributed by atoms with Gasteiger partial charge in [0.05, 0.1) is 13.2 Å². The fraction of sp³-hybridized carbons (Fsp3) is 0.500. The van der Waals surface area contributed by atoms with Crippen molar-refractivity contribution in [1.29, 1.82) is 0 Å². The number of benzene rings is 1. The van der Waals surface area contributed by atoms with Crippen LogP contribution in [0.1, 0.15) is 24.2 Å². The zero-order valence-corrected chi connectivity index (χ0v) is 11.8. The quantitative estimate of drug-likeness (QED) is 0.603. The second-order valence-corrected chi connectivity index (χ2v) is 4.08. The minimum Gasteiger partial charge on any atom is -0.493 e. The highest BCUT2D eigenvalue weighted by Gasteiger charge is 2.19. The molecule has 0 bridgehead atoms. The molecule has 0 fully saturated rings. The van der Waals surface area contributed by atoms with Gasteiger partial charge in [-0.2, -0.15) is 0 Å². The van der Waals surface area contributed by atoms with E-state index in [1.54, 1.807) is 30.1 Å². The zero-order valence-electron chi connectivity index (χ0n) is 11.8. The van der Waals surface area contributed by atoms with Gasteiger partial charge in [-0.15, -0.1) is 0 Å². The summed E-state index contributed by atoms with van der Waals surface area (Å²) in [4.78, 5) is 14.0. The van der Waals surface area contributed by atoms with E-state index in [-0.39, 0.29) is 5.91 Å². The maximum Gasteiger partial charge on any atom is 0.259 e. The first-order chi connectivity index (χ1) is 9.11. The average Bonchev–Trinajstić information content (AvgIpc) is 2.39. The fourth-order valence-electron chi connectivity index (χ4n) is 1.69. The number of amides is 1. The third-order valence-electron chi connectivity index (χ3n) is 2.69. The van der Waals surface area contributed by atoms with Crippen molar-refractivity contribution in [3.05, 3.63) is 23.8 Å². The Morgan fingerprint density at radius 2 is 2.05 bits per heavy atom. The summed E-state index contributed by atoms with van der Waals surface area (Å²) in [6.07, 6.45) is 0. The number of anilines is 1. The second kappa shape index (κ2) is 7.63. The van der Waals surface area contributed by atoms with Crippen LogP contribution in [0.15, 0.2) is 18.2 Å². The maximum atomic E-state index is 12.4. The molecule has 0 radical (unpaired) electrons. The van der Waals surface area contributed by atoms with Crippen LogP contribution in [0.2, 0.25) is 0 Å². The average molecular weight is 266 g/mol. The topological polar surface area (TPSA) is 64.8 Å². The van der Waals surface area contributed by atoms with Crippen molar-refractivity contribution in [1.82, 2.24) is 4.90 Å². The van der Waals surface area contributed by atoms with Crippen LogP contribution in [0.4, 0.5) is 5.69 Å². The number of nitrogens with two attached hydrogens (primary N) is 1. The molecule has 1 aromatic carbocycles. The highest BCUT2D eigenvalue weighted by Crippen LogP contribution is 2.25. The molecular weight excluding hydrogens is 244 g/mol. The van der Waals surface area contributed by atoms with Crippen LogP contribution in [0.3, 0.4) is 0 Å². The molecule has 0 unspecified atom stereocenters. The fourth-order valence-corrected chi connectivity index (χ4v) is 1.69. The molecule has 0 saturated heterocycles. The van der Waals surface area contributed by atoms with E-state index in [0.717, 1.165) is 0 Å². The Balaban J connectivity index is 2.85. The number of hydrogen-bond donors (Lipinski definition) is 1. The minimum absolute atomic E-state index is 0.152. The van der Waals surface area contributed by atoms with Gasteiger partial charge in [0.2, 0.25) is 0 Å². The summed E-state index contributed by atoms with van der Waals surface area (Å²) in [6.45, 7) is 5.95. The summed E-state index contributed by atoms with van der Waals surface area (Å²) >= 11 is 0. The number of rotatable bonds is 7. The van der Waals surface area contributed by atoms with Crippen molar-refractivity contribution in [3.63, 3.8) is 0 Å². The molecule has 0 aliphatic rings. The van der Waals surface area contributed by atoms with E-state index in [1.807, 2.05) is 13.8 Å². The minimum atomic E-state index is -0.152. The number of nitrogens with zero attached hydrogens (tertiary/aromatic N) is 1. The Morgan fingerprint density at radius 3 is 2.68 bits per heavy atom. The molecule has 0 saturated carbocycles. The Hall–Kier alpha value is -1.75. The van der Waals surface area contributed by atoms with Gasteiger partial charge in [-0.1, -0.05) is 6.07 Å². The highest BCUT2D eigenvalue weighted by molar-refractivity contribution is 6.01. The molecule has 0 atom stereocenters. The molecule has 0 aliphatic carbocycles. The first-order valence-electron chi connectivity index (χ1n) is 6.46. The van der Waals surface area contributed by atoms with Crippen LogP contribution in [0.5, 0.6) is 5.75 Å². The van der Waals surface area contributed by atoms with Gasteiger partial charge in [0.15, 0.2) is 0 Å². The molecule has 2 N–H and O–H groups in total. The Kier molecular flexibility index (Phi) is 6.15. The molecule has 1 aromatic rings. The first-order valence-corrected chi connectivity index (χ1v) is 6.46. The van der Waals surface area contributed by atoms with E-state index in [4.69, 9.17) is 15.2 Å². The van der Waals surface area contributed by atoms with Crippen molar-refractivity contribution in [3.8, 4) is 5.75 Å². The summed E-state index contributed by atoms with van der Waals surface area (Å²) < 4.78 is 10.7. The van der Waals surface area contributed by atoms with E-state index in [9.17, 15) is 4.79 Å². The first kappa shape index (κ1) is 15.3. The third-order valence-corrected chi connectivity index (χ3v) is 2.69. The summed E-state index contributed by atoms with van der Waals surface area (Å²) in [5.41, 5.74) is 6.74. The number of carbonyl (C=O) groups excluding carboxylic acids is 1. The lowest BCUT2D eigenvalue weighted by molar-refractivity contribution is 0.0707. The van der Waals surface area contributed by atoms with Crippen LogP contribution in [0.25, 0.3) is 0 Å².